The lowest BCUT2D eigenvalue weighted by Crippen LogP contribution is -2.33. The molecule has 0 aliphatic heterocycles. The van der Waals surface area contributed by atoms with Crippen molar-refractivity contribution in [1.82, 2.24) is 9.80 Å². The molecule has 0 aromatic carbocycles. The Hall–Kier alpha value is -1.90. The molecular formula is C20H36N2O6. The first-order chi connectivity index (χ1) is 13.5. The number of carbonyl (C=O) groups is 2. The van der Waals surface area contributed by atoms with Gasteiger partial charge in [0.2, 0.25) is 0 Å². The molecule has 0 saturated carbocycles. The maximum Gasteiger partial charge on any atom is 0.332 e. The van der Waals surface area contributed by atoms with Crippen LogP contribution in [0.3, 0.4) is 0 Å². The zero-order chi connectivity index (χ0) is 21.0. The van der Waals surface area contributed by atoms with E-state index in [-0.39, 0.29) is 19.2 Å². The molecule has 0 spiro atoms. The van der Waals surface area contributed by atoms with Crippen LogP contribution < -0.4 is 0 Å². The quantitative estimate of drug-likeness (QED) is 0.211. The molecule has 0 unspecified atom stereocenters. The van der Waals surface area contributed by atoms with Gasteiger partial charge in [-0.2, -0.15) is 0 Å². The van der Waals surface area contributed by atoms with Crippen LogP contribution in [0.5, 0.6) is 0 Å². The highest BCUT2D eigenvalue weighted by Gasteiger charge is 2.04. The summed E-state index contributed by atoms with van der Waals surface area (Å²) in [6.07, 6.45) is 9.37. The van der Waals surface area contributed by atoms with E-state index in [0.29, 0.717) is 39.4 Å². The molecule has 0 aliphatic rings. The molecule has 162 valence electrons. The Morgan fingerprint density at radius 3 is 1.93 bits per heavy atom. The number of nitrogens with zero attached hydrogens (tertiary/aromatic N) is 2. The molecule has 0 aromatic heterocycles. The first-order valence-corrected chi connectivity index (χ1v) is 9.82. The van der Waals surface area contributed by atoms with Crippen molar-refractivity contribution >= 4 is 11.9 Å². The third kappa shape index (κ3) is 16.3. The smallest absolute Gasteiger partial charge is 0.332 e. The lowest BCUT2D eigenvalue weighted by molar-refractivity contribution is -0.139. The molecule has 0 bridgehead atoms. The van der Waals surface area contributed by atoms with E-state index < -0.39 is 5.97 Å². The molecule has 2 N–H and O–H groups in total. The number of aliphatic hydroxyl groups is 2. The van der Waals surface area contributed by atoms with Crippen molar-refractivity contribution < 1.29 is 29.3 Å². The standard InChI is InChI=1S/C20H36N2O6/c1-3-8-19(25)27-17-6-4-5-7-18-28-20(26)9-10-22(14-16-24)12-11-21(2)13-15-23/h3,8-10,23-24H,4-7,11-18H2,1-2H3/b8-3+,10-9+. The van der Waals surface area contributed by atoms with Gasteiger partial charge in [0.1, 0.15) is 0 Å². The molecule has 0 radical (unpaired) electrons. The Kier molecular flexibility index (Phi) is 17.2. The van der Waals surface area contributed by atoms with Crippen LogP contribution in [0.25, 0.3) is 0 Å². The predicted octanol–water partition coefficient (Wildman–Crippen LogP) is 0.941. The summed E-state index contributed by atoms with van der Waals surface area (Å²) in [6, 6.07) is 0. The number of carbonyl (C=O) groups excluding carboxylic acids is 2. The number of hydrogen-bond donors (Lipinski definition) is 2. The predicted molar refractivity (Wildman–Crippen MR) is 108 cm³/mol. The summed E-state index contributed by atoms with van der Waals surface area (Å²) in [5.41, 5.74) is 0. The van der Waals surface area contributed by atoms with Gasteiger partial charge in [0.15, 0.2) is 0 Å². The normalized spacial score (nSPS) is 11.5. The van der Waals surface area contributed by atoms with Crippen LogP contribution in [0.4, 0.5) is 0 Å². The minimum absolute atomic E-state index is 0.00680. The van der Waals surface area contributed by atoms with Gasteiger partial charge in [-0.3, -0.25) is 0 Å². The van der Waals surface area contributed by atoms with E-state index in [2.05, 4.69) is 0 Å². The lowest BCUT2D eigenvalue weighted by atomic mass is 10.2. The van der Waals surface area contributed by atoms with Crippen molar-refractivity contribution in [3.8, 4) is 0 Å². The molecule has 0 rings (SSSR count). The van der Waals surface area contributed by atoms with Gasteiger partial charge < -0.3 is 29.5 Å². The minimum atomic E-state index is -0.410. The third-order valence-corrected chi connectivity index (χ3v) is 3.89. The molecule has 0 aliphatic carbocycles. The van der Waals surface area contributed by atoms with Crippen molar-refractivity contribution in [2.75, 3.05) is 59.7 Å². The Labute approximate surface area is 168 Å². The lowest BCUT2D eigenvalue weighted by Gasteiger charge is -2.23. The summed E-state index contributed by atoms with van der Waals surface area (Å²) in [7, 11) is 1.90. The van der Waals surface area contributed by atoms with Crippen molar-refractivity contribution in [3.05, 3.63) is 24.4 Å². The number of esters is 2. The topological polar surface area (TPSA) is 99.5 Å². The molecule has 0 aromatic rings. The van der Waals surface area contributed by atoms with Gasteiger partial charge >= 0.3 is 11.9 Å². The summed E-state index contributed by atoms with van der Waals surface area (Å²) < 4.78 is 10.1. The second-order valence-corrected chi connectivity index (χ2v) is 6.35. The van der Waals surface area contributed by atoms with Gasteiger partial charge in [0.05, 0.1) is 26.4 Å². The van der Waals surface area contributed by atoms with Crippen LogP contribution in [-0.4, -0.2) is 91.6 Å². The summed E-state index contributed by atoms with van der Waals surface area (Å²) in [5.74, 6) is -0.731. The number of ether oxygens (including phenoxy) is 2. The van der Waals surface area contributed by atoms with E-state index in [1.807, 2.05) is 16.8 Å². The maximum atomic E-state index is 11.8. The van der Waals surface area contributed by atoms with Gasteiger partial charge in [-0.15, -0.1) is 0 Å². The van der Waals surface area contributed by atoms with Crippen LogP contribution in [-0.2, 0) is 19.1 Å². The number of likely N-dealkylation sites (N-methyl/N-ethyl adjacent to an activating group) is 1. The van der Waals surface area contributed by atoms with Crippen LogP contribution in [0.1, 0.15) is 32.6 Å². The molecule has 8 heteroatoms. The average Bonchev–Trinajstić information content (AvgIpc) is 2.66. The number of allylic oxidation sites excluding steroid dienone is 1. The van der Waals surface area contributed by atoms with Crippen LogP contribution in [0.15, 0.2) is 24.4 Å². The van der Waals surface area contributed by atoms with Crippen LogP contribution >= 0.6 is 0 Å². The van der Waals surface area contributed by atoms with Gasteiger partial charge in [0.25, 0.3) is 0 Å². The van der Waals surface area contributed by atoms with Gasteiger partial charge in [0, 0.05) is 44.5 Å². The minimum Gasteiger partial charge on any atom is -0.463 e. The van der Waals surface area contributed by atoms with Crippen LogP contribution in [0.2, 0.25) is 0 Å². The summed E-state index contributed by atoms with van der Waals surface area (Å²) in [6.45, 7) is 4.96. The SMILES string of the molecule is C/C=C/C(=O)OCCCCCCOC(=O)/C=C/N(CCO)CCN(C)CCO. The van der Waals surface area contributed by atoms with E-state index in [9.17, 15) is 9.59 Å². The molecular weight excluding hydrogens is 364 g/mol. The first-order valence-electron chi connectivity index (χ1n) is 9.82. The second kappa shape index (κ2) is 18.5. The Bertz CT molecular complexity index is 468. The highest BCUT2D eigenvalue weighted by Crippen LogP contribution is 2.01. The Morgan fingerprint density at radius 2 is 1.39 bits per heavy atom. The van der Waals surface area contributed by atoms with Gasteiger partial charge in [-0.05, 0) is 39.7 Å². The monoisotopic (exact) mass is 400 g/mol. The van der Waals surface area contributed by atoms with E-state index in [4.69, 9.17) is 19.7 Å². The van der Waals surface area contributed by atoms with E-state index in [1.165, 1.54) is 12.2 Å². The third-order valence-electron chi connectivity index (χ3n) is 3.89. The van der Waals surface area contributed by atoms with E-state index in [0.717, 1.165) is 25.7 Å². The van der Waals surface area contributed by atoms with E-state index >= 15 is 0 Å². The zero-order valence-corrected chi connectivity index (χ0v) is 17.2. The number of unbranched alkanes of at least 4 members (excludes halogenated alkanes) is 3. The maximum absolute atomic E-state index is 11.8. The fourth-order valence-electron chi connectivity index (χ4n) is 2.27. The summed E-state index contributed by atoms with van der Waals surface area (Å²) in [5, 5.41) is 18.0. The summed E-state index contributed by atoms with van der Waals surface area (Å²) >= 11 is 0. The number of rotatable bonds is 17. The largest absolute Gasteiger partial charge is 0.463 e. The molecule has 0 heterocycles. The molecule has 8 nitrogen and oxygen atoms in total. The molecule has 0 amide bonds. The zero-order valence-electron chi connectivity index (χ0n) is 17.2. The Morgan fingerprint density at radius 1 is 0.821 bits per heavy atom. The Balaban J connectivity index is 3.85. The van der Waals surface area contributed by atoms with Crippen molar-refractivity contribution in [2.45, 2.75) is 32.6 Å². The number of hydrogen-bond acceptors (Lipinski definition) is 8. The molecule has 0 atom stereocenters. The molecule has 0 fully saturated rings. The first kappa shape index (κ1) is 26.1. The van der Waals surface area contributed by atoms with Gasteiger partial charge in [-0.1, -0.05) is 6.08 Å². The van der Waals surface area contributed by atoms with Gasteiger partial charge in [-0.25, -0.2) is 9.59 Å². The highest BCUT2D eigenvalue weighted by molar-refractivity contribution is 5.82. The average molecular weight is 401 g/mol. The van der Waals surface area contributed by atoms with Crippen molar-refractivity contribution in [3.63, 3.8) is 0 Å². The fraction of sp³-hybridized carbons (Fsp3) is 0.700. The fourth-order valence-corrected chi connectivity index (χ4v) is 2.27. The van der Waals surface area contributed by atoms with Crippen molar-refractivity contribution in [2.24, 2.45) is 0 Å². The molecule has 28 heavy (non-hydrogen) atoms. The van der Waals surface area contributed by atoms with E-state index in [1.54, 1.807) is 19.2 Å². The van der Waals surface area contributed by atoms with Crippen molar-refractivity contribution in [1.29, 1.82) is 0 Å². The summed E-state index contributed by atoms with van der Waals surface area (Å²) in [4.78, 5) is 26.7. The highest BCUT2D eigenvalue weighted by atomic mass is 16.5. The number of aliphatic hydroxyl groups excluding tert-OH is 2. The van der Waals surface area contributed by atoms with Crippen LogP contribution in [0, 0.1) is 0 Å². The molecule has 0 saturated heterocycles. The second-order valence-electron chi connectivity index (χ2n) is 6.35.